The van der Waals surface area contributed by atoms with E-state index < -0.39 is 0 Å². The highest BCUT2D eigenvalue weighted by Crippen LogP contribution is 2.14. The molecule has 0 radical (unpaired) electrons. The maximum atomic E-state index is 12.3. The maximum absolute atomic E-state index is 12.3. The molecule has 0 saturated heterocycles. The molecule has 3 rings (SSSR count). The molecule has 6 N–H and O–H groups in total. The van der Waals surface area contributed by atoms with E-state index in [0.29, 0.717) is 12.2 Å². The van der Waals surface area contributed by atoms with E-state index in [1.165, 1.54) is 0 Å². The predicted octanol–water partition coefficient (Wildman–Crippen LogP) is 3.08. The van der Waals surface area contributed by atoms with Gasteiger partial charge in [-0.25, -0.2) is 4.79 Å². The number of nitrogens with two attached hydrogens (primary N) is 2. The lowest BCUT2D eigenvalue weighted by Gasteiger charge is -2.08. The predicted molar refractivity (Wildman–Crippen MR) is 131 cm³/mol. The van der Waals surface area contributed by atoms with Gasteiger partial charge in [-0.2, -0.15) is 4.98 Å². The fraction of sp³-hybridized carbons (Fsp3) is 0.435. The van der Waals surface area contributed by atoms with Gasteiger partial charge in [0.05, 0.1) is 5.69 Å². The summed E-state index contributed by atoms with van der Waals surface area (Å²) in [5.41, 5.74) is 13.9. The van der Waals surface area contributed by atoms with Crippen LogP contribution < -0.4 is 22.5 Å². The van der Waals surface area contributed by atoms with Crippen molar-refractivity contribution in [1.82, 2.24) is 19.9 Å². The van der Waals surface area contributed by atoms with Gasteiger partial charge in [0.25, 0.3) is 0 Å². The normalized spacial score (nSPS) is 9.97. The van der Waals surface area contributed by atoms with Crippen LogP contribution in [0.25, 0.3) is 16.7 Å². The highest BCUT2D eigenvalue weighted by atomic mass is 16.1. The largest absolute Gasteiger partial charge is 0.370 e. The number of aromatic nitrogens is 3. The first-order valence-electron chi connectivity index (χ1n) is 11.0. The fourth-order valence-electron chi connectivity index (χ4n) is 2.85. The number of nitrogens with one attached hydrogen (secondary N) is 2. The van der Waals surface area contributed by atoms with Gasteiger partial charge in [-0.05, 0) is 43.1 Å². The number of aromatic amines is 1. The van der Waals surface area contributed by atoms with E-state index in [1.807, 2.05) is 64.2 Å². The van der Waals surface area contributed by atoms with Crippen molar-refractivity contribution in [2.45, 2.75) is 54.0 Å². The zero-order valence-electron chi connectivity index (χ0n) is 19.4. The van der Waals surface area contributed by atoms with Crippen LogP contribution >= 0.6 is 0 Å². The molecule has 0 fully saturated rings. The third-order valence-electron chi connectivity index (χ3n) is 4.29. The molecule has 0 atom stereocenters. The van der Waals surface area contributed by atoms with Gasteiger partial charge in [0.1, 0.15) is 5.65 Å². The van der Waals surface area contributed by atoms with Crippen molar-refractivity contribution in [2.24, 2.45) is 16.5 Å². The summed E-state index contributed by atoms with van der Waals surface area (Å²) in [6, 6.07) is 9.89. The number of guanidine groups is 1. The molecule has 0 amide bonds. The van der Waals surface area contributed by atoms with Crippen LogP contribution in [0.2, 0.25) is 0 Å². The van der Waals surface area contributed by atoms with Crippen molar-refractivity contribution < 1.29 is 0 Å². The average molecular weight is 428 g/mol. The lowest BCUT2D eigenvalue weighted by atomic mass is 10.2. The Morgan fingerprint density at radius 1 is 1.16 bits per heavy atom. The monoisotopic (exact) mass is 427 g/mol. The molecule has 0 saturated carbocycles. The zero-order valence-corrected chi connectivity index (χ0v) is 19.4. The molecule has 0 aliphatic heterocycles. The third-order valence-corrected chi connectivity index (χ3v) is 4.29. The average Bonchev–Trinajstić information content (AvgIpc) is 3.20. The molecule has 0 aliphatic carbocycles. The molecule has 0 bridgehead atoms. The smallest absolute Gasteiger partial charge is 0.354 e. The number of hydrogen-bond donors (Lipinski definition) is 4. The van der Waals surface area contributed by atoms with Gasteiger partial charge < -0.3 is 21.8 Å². The standard InChI is InChI=1S/C19H25N7O.2C2H6/c1-2-15-10-14-12-26(19(27)25-17(14)24-15)16-6-4-13(5-7-16)11-22-8-3-9-23-18(20)21;2*1-2/h4-7,10,12,22H,2-3,8-9,11H2,1H3,(H4,20,21,23)(H,24,25,27);2*1-2H3. The van der Waals surface area contributed by atoms with Crippen LogP contribution in [0.4, 0.5) is 0 Å². The minimum absolute atomic E-state index is 0.124. The number of nitrogens with zero attached hydrogens (tertiary/aromatic N) is 3. The van der Waals surface area contributed by atoms with Crippen molar-refractivity contribution in [1.29, 1.82) is 0 Å². The van der Waals surface area contributed by atoms with E-state index >= 15 is 0 Å². The Hall–Kier alpha value is -3.13. The van der Waals surface area contributed by atoms with Crippen LogP contribution in [0.15, 0.2) is 46.3 Å². The highest BCUT2D eigenvalue weighted by Gasteiger charge is 2.07. The Morgan fingerprint density at radius 3 is 2.45 bits per heavy atom. The van der Waals surface area contributed by atoms with Crippen molar-refractivity contribution in [3.8, 4) is 5.69 Å². The Kier molecular flexibility index (Phi) is 11.7. The Labute approximate surface area is 184 Å². The zero-order chi connectivity index (χ0) is 23.2. The summed E-state index contributed by atoms with van der Waals surface area (Å²) in [7, 11) is 0. The second-order valence-electron chi connectivity index (χ2n) is 6.35. The van der Waals surface area contributed by atoms with Gasteiger partial charge in [0.2, 0.25) is 0 Å². The minimum Gasteiger partial charge on any atom is -0.370 e. The molecule has 2 heterocycles. The molecule has 8 nitrogen and oxygen atoms in total. The van der Waals surface area contributed by atoms with Crippen LogP contribution in [0.1, 0.15) is 52.3 Å². The first-order valence-corrected chi connectivity index (χ1v) is 11.0. The van der Waals surface area contributed by atoms with Crippen LogP contribution in [-0.2, 0) is 13.0 Å². The van der Waals surface area contributed by atoms with Gasteiger partial charge in [-0.15, -0.1) is 0 Å². The summed E-state index contributed by atoms with van der Waals surface area (Å²) in [4.78, 5) is 23.6. The summed E-state index contributed by atoms with van der Waals surface area (Å²) in [5, 5.41) is 4.27. The fourth-order valence-corrected chi connectivity index (χ4v) is 2.85. The molecule has 0 aliphatic rings. The minimum atomic E-state index is -0.294. The first-order chi connectivity index (χ1) is 15.1. The number of aliphatic imine (C=N–C) groups is 1. The van der Waals surface area contributed by atoms with Crippen molar-refractivity contribution in [3.63, 3.8) is 0 Å². The Morgan fingerprint density at radius 2 is 1.84 bits per heavy atom. The van der Waals surface area contributed by atoms with E-state index in [-0.39, 0.29) is 11.6 Å². The van der Waals surface area contributed by atoms with Gasteiger partial charge in [0.15, 0.2) is 5.96 Å². The lowest BCUT2D eigenvalue weighted by Crippen LogP contribution is -2.23. The first kappa shape index (κ1) is 25.9. The summed E-state index contributed by atoms with van der Waals surface area (Å²) < 4.78 is 1.57. The molecular weight excluding hydrogens is 390 g/mol. The second-order valence-corrected chi connectivity index (χ2v) is 6.35. The number of aryl methyl sites for hydroxylation is 1. The second kappa shape index (κ2) is 14.0. The highest BCUT2D eigenvalue weighted by molar-refractivity contribution is 5.76. The van der Waals surface area contributed by atoms with E-state index in [2.05, 4.69) is 27.2 Å². The lowest BCUT2D eigenvalue weighted by molar-refractivity contribution is 0.655. The number of fused-ring (bicyclic) bond motifs is 1. The van der Waals surface area contributed by atoms with Crippen molar-refractivity contribution >= 4 is 17.0 Å². The number of hydrogen-bond acceptors (Lipinski definition) is 4. The molecule has 0 spiro atoms. The molecule has 31 heavy (non-hydrogen) atoms. The van der Waals surface area contributed by atoms with E-state index in [1.54, 1.807) is 4.57 Å². The van der Waals surface area contributed by atoms with Crippen LogP contribution in [-0.4, -0.2) is 33.6 Å². The SMILES string of the molecule is CC.CC.CCc1cc2cn(-c3ccc(CNCCCN=C(N)N)cc3)c(=O)nc2[nH]1. The maximum Gasteiger partial charge on any atom is 0.354 e. The van der Waals surface area contributed by atoms with E-state index in [0.717, 1.165) is 48.3 Å². The molecule has 3 aromatic rings. The number of benzene rings is 1. The topological polar surface area (TPSA) is 127 Å². The van der Waals surface area contributed by atoms with Crippen molar-refractivity contribution in [3.05, 3.63) is 58.3 Å². The van der Waals surface area contributed by atoms with Gasteiger partial charge in [-0.1, -0.05) is 46.8 Å². The van der Waals surface area contributed by atoms with E-state index in [9.17, 15) is 4.79 Å². The summed E-state index contributed by atoms with van der Waals surface area (Å²) in [5.74, 6) is 0.124. The number of H-pyrrole nitrogens is 1. The molecule has 8 heteroatoms. The van der Waals surface area contributed by atoms with Crippen molar-refractivity contribution in [2.75, 3.05) is 13.1 Å². The molecule has 170 valence electrons. The quantitative estimate of drug-likeness (QED) is 0.250. The molecular formula is C23H37N7O. The van der Waals surface area contributed by atoms with Gasteiger partial charge in [0, 0.05) is 30.4 Å². The summed E-state index contributed by atoms with van der Waals surface area (Å²) in [6.07, 6.45) is 3.57. The van der Waals surface area contributed by atoms with Crippen LogP contribution in [0.5, 0.6) is 0 Å². The molecule has 1 aromatic carbocycles. The van der Waals surface area contributed by atoms with Crippen LogP contribution in [0, 0.1) is 0 Å². The van der Waals surface area contributed by atoms with Gasteiger partial charge >= 0.3 is 5.69 Å². The third kappa shape index (κ3) is 7.90. The van der Waals surface area contributed by atoms with Gasteiger partial charge in [-0.3, -0.25) is 9.56 Å². The molecule has 2 aromatic heterocycles. The Balaban J connectivity index is 0.00000113. The Bertz CT molecular complexity index is 983. The van der Waals surface area contributed by atoms with E-state index in [4.69, 9.17) is 11.5 Å². The molecule has 0 unspecified atom stereocenters. The summed E-state index contributed by atoms with van der Waals surface area (Å²) >= 11 is 0. The number of rotatable bonds is 8. The van der Waals surface area contributed by atoms with Crippen LogP contribution in [0.3, 0.4) is 0 Å². The summed E-state index contributed by atoms with van der Waals surface area (Å²) in [6.45, 7) is 12.2.